The summed E-state index contributed by atoms with van der Waals surface area (Å²) in [5.41, 5.74) is 0. The van der Waals surface area contributed by atoms with Crippen LogP contribution in [0.15, 0.2) is 0 Å². The number of rotatable bonds is 6. The van der Waals surface area contributed by atoms with Crippen molar-refractivity contribution < 1.29 is 25.2 Å². The summed E-state index contributed by atoms with van der Waals surface area (Å²) in [6.45, 7) is 4.18. The molecule has 0 saturated carbocycles. The molecule has 0 aromatic rings. The third-order valence-corrected chi connectivity index (χ3v) is 3.50. The Bertz CT molecular complexity index is 246. The van der Waals surface area contributed by atoms with E-state index < -0.39 is 24.1 Å². The molecule has 4 N–H and O–H groups in total. The summed E-state index contributed by atoms with van der Waals surface area (Å²) in [4.78, 5) is 0. The molecule has 1 rings (SSSR count). The van der Waals surface area contributed by atoms with Crippen LogP contribution in [0, 0.1) is 5.92 Å². The second-order valence-corrected chi connectivity index (χ2v) is 5.65. The van der Waals surface area contributed by atoms with E-state index >= 15 is 0 Å². The summed E-state index contributed by atoms with van der Waals surface area (Å²) in [5.74, 6) is -1.06. The van der Waals surface area contributed by atoms with E-state index in [0.29, 0.717) is 5.92 Å². The van der Waals surface area contributed by atoms with E-state index in [1.165, 1.54) is 0 Å². The zero-order valence-electron chi connectivity index (χ0n) is 11.2. The standard InChI is InChI=1S/C13H26O5/c1-9(2)6-4-3-5-7-13(17)12(16)11(15)10(14)8-18-13/h9-12,14-17H,3-8H2,1-2H3/t10-,11+,12-,13?/m1/s1. The highest BCUT2D eigenvalue weighted by Gasteiger charge is 2.47. The van der Waals surface area contributed by atoms with Crippen molar-refractivity contribution in [2.45, 2.75) is 70.1 Å². The number of aliphatic hydroxyl groups is 4. The van der Waals surface area contributed by atoms with Crippen molar-refractivity contribution in [1.29, 1.82) is 0 Å². The fourth-order valence-corrected chi connectivity index (χ4v) is 2.22. The lowest BCUT2D eigenvalue weighted by atomic mass is 9.92. The van der Waals surface area contributed by atoms with E-state index in [-0.39, 0.29) is 13.0 Å². The van der Waals surface area contributed by atoms with Gasteiger partial charge in [0.1, 0.15) is 18.3 Å². The molecule has 0 aromatic carbocycles. The van der Waals surface area contributed by atoms with Gasteiger partial charge in [-0.1, -0.05) is 33.1 Å². The Morgan fingerprint density at radius 1 is 1.17 bits per heavy atom. The van der Waals surface area contributed by atoms with Gasteiger partial charge in [0.25, 0.3) is 0 Å². The maximum absolute atomic E-state index is 10.1. The van der Waals surface area contributed by atoms with Crippen LogP contribution < -0.4 is 0 Å². The molecule has 1 aliphatic rings. The van der Waals surface area contributed by atoms with Crippen molar-refractivity contribution in [3.63, 3.8) is 0 Å². The number of aliphatic hydroxyl groups excluding tert-OH is 3. The second kappa shape index (κ2) is 6.82. The summed E-state index contributed by atoms with van der Waals surface area (Å²) in [6, 6.07) is 0. The molecule has 1 aliphatic heterocycles. The van der Waals surface area contributed by atoms with Crippen LogP contribution in [0.2, 0.25) is 0 Å². The highest BCUT2D eigenvalue weighted by Crippen LogP contribution is 2.29. The van der Waals surface area contributed by atoms with Gasteiger partial charge in [0, 0.05) is 6.42 Å². The molecule has 108 valence electrons. The van der Waals surface area contributed by atoms with Gasteiger partial charge in [0.2, 0.25) is 0 Å². The summed E-state index contributed by atoms with van der Waals surface area (Å²) in [6.07, 6.45) is 0.235. The number of unbranched alkanes of at least 4 members (excludes halogenated alkanes) is 2. The zero-order valence-corrected chi connectivity index (χ0v) is 11.2. The van der Waals surface area contributed by atoms with Crippen LogP contribution in [-0.2, 0) is 4.74 Å². The van der Waals surface area contributed by atoms with Crippen molar-refractivity contribution in [3.05, 3.63) is 0 Å². The Morgan fingerprint density at radius 2 is 1.83 bits per heavy atom. The summed E-state index contributed by atoms with van der Waals surface area (Å²) in [7, 11) is 0. The van der Waals surface area contributed by atoms with E-state index in [1.54, 1.807) is 0 Å². The molecule has 1 heterocycles. The molecule has 0 aromatic heterocycles. The molecule has 1 saturated heterocycles. The molecule has 0 amide bonds. The Hall–Kier alpha value is -0.200. The van der Waals surface area contributed by atoms with Crippen molar-refractivity contribution in [2.24, 2.45) is 5.92 Å². The molecule has 1 fully saturated rings. The van der Waals surface area contributed by atoms with E-state index in [0.717, 1.165) is 25.7 Å². The van der Waals surface area contributed by atoms with Crippen LogP contribution >= 0.6 is 0 Å². The normalized spacial score (nSPS) is 37.2. The SMILES string of the molecule is CC(C)CCCCCC1(O)OC[C@@H](O)[C@H](O)[C@H]1O. The van der Waals surface area contributed by atoms with Crippen LogP contribution in [0.1, 0.15) is 46.0 Å². The molecular weight excluding hydrogens is 236 g/mol. The van der Waals surface area contributed by atoms with E-state index in [9.17, 15) is 20.4 Å². The van der Waals surface area contributed by atoms with Gasteiger partial charge in [-0.25, -0.2) is 0 Å². The van der Waals surface area contributed by atoms with Crippen LogP contribution in [-0.4, -0.2) is 51.1 Å². The maximum atomic E-state index is 10.1. The first-order chi connectivity index (χ1) is 8.37. The Kier molecular flexibility index (Phi) is 6.01. The van der Waals surface area contributed by atoms with E-state index in [1.807, 2.05) is 0 Å². The minimum absolute atomic E-state index is 0.152. The lowest BCUT2D eigenvalue weighted by Gasteiger charge is -2.41. The quantitative estimate of drug-likeness (QED) is 0.520. The van der Waals surface area contributed by atoms with Crippen molar-refractivity contribution in [3.8, 4) is 0 Å². The molecule has 1 unspecified atom stereocenters. The molecule has 4 atom stereocenters. The molecule has 5 heteroatoms. The van der Waals surface area contributed by atoms with E-state index in [2.05, 4.69) is 13.8 Å². The monoisotopic (exact) mass is 262 g/mol. The average molecular weight is 262 g/mol. The van der Waals surface area contributed by atoms with Crippen LogP contribution in [0.5, 0.6) is 0 Å². The van der Waals surface area contributed by atoms with Gasteiger partial charge in [-0.3, -0.25) is 0 Å². The van der Waals surface area contributed by atoms with Crippen LogP contribution in [0.4, 0.5) is 0 Å². The fourth-order valence-electron chi connectivity index (χ4n) is 2.22. The lowest BCUT2D eigenvalue weighted by Crippen LogP contribution is -2.60. The van der Waals surface area contributed by atoms with Gasteiger partial charge in [0.15, 0.2) is 5.79 Å². The first-order valence-corrected chi connectivity index (χ1v) is 6.77. The number of ether oxygens (including phenoxy) is 1. The largest absolute Gasteiger partial charge is 0.388 e. The van der Waals surface area contributed by atoms with Crippen LogP contribution in [0.3, 0.4) is 0 Å². The van der Waals surface area contributed by atoms with Gasteiger partial charge in [0.05, 0.1) is 6.61 Å². The lowest BCUT2D eigenvalue weighted by molar-refractivity contribution is -0.323. The smallest absolute Gasteiger partial charge is 0.194 e. The summed E-state index contributed by atoms with van der Waals surface area (Å²) >= 11 is 0. The molecule has 0 bridgehead atoms. The van der Waals surface area contributed by atoms with Crippen molar-refractivity contribution in [1.82, 2.24) is 0 Å². The molecule has 5 nitrogen and oxygen atoms in total. The molecule has 0 aliphatic carbocycles. The number of hydrogen-bond acceptors (Lipinski definition) is 5. The summed E-state index contributed by atoms with van der Waals surface area (Å²) in [5, 5.41) is 38.6. The zero-order chi connectivity index (χ0) is 13.8. The van der Waals surface area contributed by atoms with E-state index in [4.69, 9.17) is 4.74 Å². The van der Waals surface area contributed by atoms with Gasteiger partial charge in [-0.2, -0.15) is 0 Å². The van der Waals surface area contributed by atoms with Crippen molar-refractivity contribution >= 4 is 0 Å². The first kappa shape index (κ1) is 15.9. The third kappa shape index (κ3) is 4.17. The highest BCUT2D eigenvalue weighted by molar-refractivity contribution is 4.91. The van der Waals surface area contributed by atoms with Gasteiger partial charge >= 0.3 is 0 Å². The third-order valence-electron chi connectivity index (χ3n) is 3.50. The van der Waals surface area contributed by atoms with Gasteiger partial charge in [-0.05, 0) is 12.3 Å². The van der Waals surface area contributed by atoms with Crippen LogP contribution in [0.25, 0.3) is 0 Å². The Morgan fingerprint density at radius 3 is 2.44 bits per heavy atom. The predicted octanol–water partition coefficient (Wildman–Crippen LogP) is 0.394. The molecule has 0 radical (unpaired) electrons. The second-order valence-electron chi connectivity index (χ2n) is 5.65. The molecule has 18 heavy (non-hydrogen) atoms. The molecule has 0 spiro atoms. The molecular formula is C13H26O5. The first-order valence-electron chi connectivity index (χ1n) is 6.77. The van der Waals surface area contributed by atoms with Gasteiger partial charge in [-0.15, -0.1) is 0 Å². The Balaban J connectivity index is 2.31. The summed E-state index contributed by atoms with van der Waals surface area (Å²) < 4.78 is 5.08. The minimum Gasteiger partial charge on any atom is -0.388 e. The highest BCUT2D eigenvalue weighted by atomic mass is 16.6. The fraction of sp³-hybridized carbons (Fsp3) is 1.00. The maximum Gasteiger partial charge on any atom is 0.194 e. The van der Waals surface area contributed by atoms with Gasteiger partial charge < -0.3 is 25.2 Å². The predicted molar refractivity (Wildman–Crippen MR) is 66.8 cm³/mol. The Labute approximate surface area is 108 Å². The number of hydrogen-bond donors (Lipinski definition) is 4. The van der Waals surface area contributed by atoms with Crippen molar-refractivity contribution in [2.75, 3.05) is 6.61 Å². The topological polar surface area (TPSA) is 90.2 Å². The minimum atomic E-state index is -1.73. The average Bonchev–Trinajstić information content (AvgIpc) is 2.31.